The number of ether oxygens (including phenoxy) is 1. The fourth-order valence-corrected chi connectivity index (χ4v) is 2.45. The summed E-state index contributed by atoms with van der Waals surface area (Å²) in [7, 11) is 1.31. The molecule has 6 heteroatoms. The number of hydrogen-bond acceptors (Lipinski definition) is 4. The van der Waals surface area contributed by atoms with Gasteiger partial charge in [0.1, 0.15) is 5.82 Å². The second-order valence-electron chi connectivity index (χ2n) is 4.76. The number of halogens is 1. The van der Waals surface area contributed by atoms with Crippen LogP contribution in [0.4, 0.5) is 14.9 Å². The van der Waals surface area contributed by atoms with Gasteiger partial charge in [0.15, 0.2) is 5.78 Å². The number of nitrogens with one attached hydrogen (secondary N) is 1. The first-order chi connectivity index (χ1) is 9.52. The molecule has 1 aromatic rings. The van der Waals surface area contributed by atoms with Crippen LogP contribution in [-0.2, 0) is 4.74 Å². The summed E-state index contributed by atoms with van der Waals surface area (Å²) in [5, 5.41) is 2.71. The zero-order valence-corrected chi connectivity index (χ0v) is 11.5. The Labute approximate surface area is 116 Å². The maximum atomic E-state index is 13.8. The van der Waals surface area contributed by atoms with Crippen LogP contribution < -0.4 is 10.2 Å². The Morgan fingerprint density at radius 3 is 2.85 bits per heavy atom. The van der Waals surface area contributed by atoms with Crippen LogP contribution in [0, 0.1) is 5.82 Å². The maximum Gasteiger partial charge on any atom is 0.407 e. The van der Waals surface area contributed by atoms with Crippen LogP contribution in [0.3, 0.4) is 0 Å². The predicted molar refractivity (Wildman–Crippen MR) is 72.6 cm³/mol. The van der Waals surface area contributed by atoms with Crippen LogP contribution >= 0.6 is 0 Å². The molecule has 1 aromatic carbocycles. The quantitative estimate of drug-likeness (QED) is 0.860. The molecule has 0 bridgehead atoms. The summed E-state index contributed by atoms with van der Waals surface area (Å²) in [4.78, 5) is 24.7. The molecule has 2 rings (SSSR count). The van der Waals surface area contributed by atoms with Crippen LogP contribution in [0.1, 0.15) is 23.7 Å². The number of methoxy groups -OCH3 is 1. The molecule has 0 aliphatic carbocycles. The zero-order chi connectivity index (χ0) is 14.7. The number of rotatable bonds is 3. The lowest BCUT2D eigenvalue weighted by Gasteiger charge is -2.21. The average Bonchev–Trinajstić information content (AvgIpc) is 2.86. The number of amides is 1. The molecule has 5 nitrogen and oxygen atoms in total. The fourth-order valence-electron chi connectivity index (χ4n) is 2.45. The molecule has 1 N–H and O–H groups in total. The number of benzene rings is 1. The Morgan fingerprint density at radius 1 is 1.45 bits per heavy atom. The molecule has 108 valence electrons. The molecule has 0 spiro atoms. The van der Waals surface area contributed by atoms with Crippen molar-refractivity contribution in [3.8, 4) is 0 Å². The van der Waals surface area contributed by atoms with Gasteiger partial charge in [-0.25, -0.2) is 9.18 Å². The minimum absolute atomic E-state index is 0.0643. The van der Waals surface area contributed by atoms with E-state index in [9.17, 15) is 14.0 Å². The first-order valence-corrected chi connectivity index (χ1v) is 6.41. The van der Waals surface area contributed by atoms with Gasteiger partial charge >= 0.3 is 6.09 Å². The largest absolute Gasteiger partial charge is 0.453 e. The number of alkyl carbamates (subject to hydrolysis) is 1. The van der Waals surface area contributed by atoms with Gasteiger partial charge in [-0.05, 0) is 25.5 Å². The highest BCUT2D eigenvalue weighted by atomic mass is 19.1. The minimum Gasteiger partial charge on any atom is -0.453 e. The van der Waals surface area contributed by atoms with Crippen LogP contribution in [0.2, 0.25) is 0 Å². The Balaban J connectivity index is 2.16. The third kappa shape index (κ3) is 2.89. The van der Waals surface area contributed by atoms with E-state index >= 15 is 0 Å². The van der Waals surface area contributed by atoms with E-state index in [-0.39, 0.29) is 17.4 Å². The molecule has 1 unspecified atom stereocenters. The Bertz CT molecular complexity index is 533. The second kappa shape index (κ2) is 5.90. The van der Waals surface area contributed by atoms with Crippen molar-refractivity contribution in [1.29, 1.82) is 0 Å². The van der Waals surface area contributed by atoms with Crippen molar-refractivity contribution >= 4 is 17.6 Å². The number of carbonyl (C=O) groups excluding carboxylic acids is 2. The third-order valence-corrected chi connectivity index (χ3v) is 3.38. The van der Waals surface area contributed by atoms with Crippen molar-refractivity contribution < 1.29 is 18.7 Å². The molecule has 1 fully saturated rings. The normalized spacial score (nSPS) is 17.9. The summed E-state index contributed by atoms with van der Waals surface area (Å²) in [6.45, 7) is 2.53. The summed E-state index contributed by atoms with van der Waals surface area (Å²) in [5.41, 5.74) is 0.679. The number of Topliss-reactive ketones (excluding diaryl/α,β-unsaturated/α-hetero) is 1. The van der Waals surface area contributed by atoms with Crippen molar-refractivity contribution in [3.63, 3.8) is 0 Å². The van der Waals surface area contributed by atoms with Gasteiger partial charge in [0.2, 0.25) is 0 Å². The summed E-state index contributed by atoms with van der Waals surface area (Å²) in [5.74, 6) is -0.818. The molecule has 0 radical (unpaired) electrons. The van der Waals surface area contributed by atoms with E-state index in [1.165, 1.54) is 20.1 Å². The second-order valence-corrected chi connectivity index (χ2v) is 4.76. The van der Waals surface area contributed by atoms with Crippen molar-refractivity contribution in [2.45, 2.75) is 19.4 Å². The van der Waals surface area contributed by atoms with Gasteiger partial charge in [0, 0.05) is 13.1 Å². The first kappa shape index (κ1) is 14.3. The number of ketones is 1. The molecule has 1 aliphatic rings. The standard InChI is InChI=1S/C14H17FN2O3/c1-9(18)13-11(15)4-3-5-12(13)17-7-6-10(8-17)16-14(19)20-2/h3-5,10H,6-8H2,1-2H3,(H,16,19). The minimum atomic E-state index is -0.514. The Hall–Kier alpha value is -2.11. The van der Waals surface area contributed by atoms with Gasteiger partial charge in [-0.2, -0.15) is 0 Å². The topological polar surface area (TPSA) is 58.6 Å². The first-order valence-electron chi connectivity index (χ1n) is 6.41. The number of nitrogens with zero attached hydrogens (tertiary/aromatic N) is 1. The van der Waals surface area contributed by atoms with Gasteiger partial charge < -0.3 is 15.0 Å². The van der Waals surface area contributed by atoms with E-state index < -0.39 is 11.9 Å². The smallest absolute Gasteiger partial charge is 0.407 e. The van der Waals surface area contributed by atoms with Gasteiger partial charge in [-0.15, -0.1) is 0 Å². The molecule has 1 atom stereocenters. The lowest BCUT2D eigenvalue weighted by Crippen LogP contribution is -2.37. The number of anilines is 1. The molecule has 1 saturated heterocycles. The van der Waals surface area contributed by atoms with Gasteiger partial charge in [0.25, 0.3) is 0 Å². The molecule has 20 heavy (non-hydrogen) atoms. The van der Waals surface area contributed by atoms with Crippen LogP contribution in [-0.4, -0.2) is 38.1 Å². The Kier molecular flexibility index (Phi) is 4.22. The summed E-state index contributed by atoms with van der Waals surface area (Å²) < 4.78 is 18.3. The zero-order valence-electron chi connectivity index (χ0n) is 11.5. The highest BCUT2D eigenvalue weighted by Gasteiger charge is 2.27. The van der Waals surface area contributed by atoms with Gasteiger partial charge in [-0.3, -0.25) is 4.79 Å². The third-order valence-electron chi connectivity index (χ3n) is 3.38. The van der Waals surface area contributed by atoms with E-state index in [1.54, 1.807) is 12.1 Å². The average molecular weight is 280 g/mol. The highest BCUT2D eigenvalue weighted by Crippen LogP contribution is 2.27. The monoisotopic (exact) mass is 280 g/mol. The molecule has 0 saturated carbocycles. The van der Waals surface area contributed by atoms with E-state index in [0.29, 0.717) is 18.8 Å². The molecule has 0 aromatic heterocycles. The van der Waals surface area contributed by atoms with Crippen molar-refractivity contribution in [2.75, 3.05) is 25.1 Å². The fraction of sp³-hybridized carbons (Fsp3) is 0.429. The van der Waals surface area contributed by atoms with Crippen LogP contribution in [0.15, 0.2) is 18.2 Å². The molecule has 1 heterocycles. The lowest BCUT2D eigenvalue weighted by atomic mass is 10.1. The number of hydrogen-bond donors (Lipinski definition) is 1. The summed E-state index contributed by atoms with van der Waals surface area (Å²) in [6.07, 6.45) is 0.242. The van der Waals surface area contributed by atoms with Crippen molar-refractivity contribution in [1.82, 2.24) is 5.32 Å². The molecular weight excluding hydrogens is 263 g/mol. The molecule has 1 aliphatic heterocycles. The predicted octanol–water partition coefficient (Wildman–Crippen LogP) is 1.96. The molecule has 1 amide bonds. The summed E-state index contributed by atoms with van der Waals surface area (Å²) in [6, 6.07) is 4.52. The van der Waals surface area contributed by atoms with E-state index in [1.807, 2.05) is 4.90 Å². The maximum absolute atomic E-state index is 13.8. The molecular formula is C14H17FN2O3. The number of carbonyl (C=O) groups is 2. The Morgan fingerprint density at radius 2 is 2.20 bits per heavy atom. The van der Waals surface area contributed by atoms with Crippen LogP contribution in [0.25, 0.3) is 0 Å². The highest BCUT2D eigenvalue weighted by molar-refractivity contribution is 6.00. The van der Waals surface area contributed by atoms with Crippen LogP contribution in [0.5, 0.6) is 0 Å². The lowest BCUT2D eigenvalue weighted by molar-refractivity contribution is 0.101. The van der Waals surface area contributed by atoms with Gasteiger partial charge in [-0.1, -0.05) is 6.07 Å². The van der Waals surface area contributed by atoms with Gasteiger partial charge in [0.05, 0.1) is 24.4 Å². The SMILES string of the molecule is COC(=O)NC1CCN(c2cccc(F)c2C(C)=O)C1. The van der Waals surface area contributed by atoms with Crippen molar-refractivity contribution in [2.24, 2.45) is 0 Å². The summed E-state index contributed by atoms with van der Waals surface area (Å²) >= 11 is 0. The van der Waals surface area contributed by atoms with E-state index in [2.05, 4.69) is 10.1 Å². The van der Waals surface area contributed by atoms with E-state index in [0.717, 1.165) is 6.42 Å². The van der Waals surface area contributed by atoms with E-state index in [4.69, 9.17) is 0 Å². The van der Waals surface area contributed by atoms with Crippen molar-refractivity contribution in [3.05, 3.63) is 29.6 Å².